The third-order valence-electron chi connectivity index (χ3n) is 2.81. The van der Waals surface area contributed by atoms with Crippen LogP contribution in [0.25, 0.3) is 0 Å². The Balaban J connectivity index is 2.57. The van der Waals surface area contributed by atoms with E-state index >= 15 is 0 Å². The number of carbonyl (C=O) groups is 1. The summed E-state index contributed by atoms with van der Waals surface area (Å²) in [5, 5.41) is 9.22. The molecule has 0 fully saturated rings. The third-order valence-corrected chi connectivity index (χ3v) is 2.81. The Kier molecular flexibility index (Phi) is 2.23. The van der Waals surface area contributed by atoms with Crippen LogP contribution in [-0.2, 0) is 0 Å². The maximum atomic E-state index is 12.2. The van der Waals surface area contributed by atoms with Crippen LogP contribution < -0.4 is 0 Å². The van der Waals surface area contributed by atoms with Crippen LogP contribution in [0.2, 0.25) is 0 Å². The van der Waals surface area contributed by atoms with Gasteiger partial charge in [-0.15, -0.1) is 0 Å². The molecule has 0 saturated heterocycles. The maximum absolute atomic E-state index is 12.2. The van der Waals surface area contributed by atoms with Gasteiger partial charge in [0.2, 0.25) is 0 Å². The van der Waals surface area contributed by atoms with Gasteiger partial charge in [0, 0.05) is 16.7 Å². The Labute approximate surface area is 95.3 Å². The fourth-order valence-electron chi connectivity index (χ4n) is 2.14. The van der Waals surface area contributed by atoms with Crippen LogP contribution >= 0.6 is 0 Å². The largest absolute Gasteiger partial charge is 0.314 e. The number of benzene rings is 1. The first-order valence-electron chi connectivity index (χ1n) is 5.29. The highest BCUT2D eigenvalue weighted by atomic mass is 16.2. The van der Waals surface area contributed by atoms with Crippen LogP contribution in [0, 0.1) is 11.3 Å². The molecule has 3 nitrogen and oxygen atoms in total. The quantitative estimate of drug-likeness (QED) is 0.666. The molecule has 0 spiro atoms. The molecular formula is C13H14N2O. The Hall–Kier alpha value is -1.82. The summed E-state index contributed by atoms with van der Waals surface area (Å²) in [7, 11) is 0. The zero-order valence-electron chi connectivity index (χ0n) is 9.69. The summed E-state index contributed by atoms with van der Waals surface area (Å²) in [6.45, 7) is 5.84. The van der Waals surface area contributed by atoms with Crippen LogP contribution in [0.1, 0.15) is 42.7 Å². The van der Waals surface area contributed by atoms with Gasteiger partial charge in [-0.2, -0.15) is 5.26 Å². The molecular weight excluding hydrogens is 200 g/mol. The Morgan fingerprint density at radius 3 is 2.50 bits per heavy atom. The lowest BCUT2D eigenvalue weighted by atomic mass is 10.0. The number of hydrogen-bond donors (Lipinski definition) is 0. The Bertz CT molecular complexity index is 479. The molecule has 0 saturated carbocycles. The van der Waals surface area contributed by atoms with Crippen molar-refractivity contribution >= 4 is 5.91 Å². The Morgan fingerprint density at radius 1 is 1.31 bits per heavy atom. The highest BCUT2D eigenvalue weighted by Crippen LogP contribution is 2.37. The molecule has 0 radical (unpaired) electrons. The maximum Gasteiger partial charge on any atom is 0.256 e. The second-order valence-corrected chi connectivity index (χ2v) is 4.96. The lowest BCUT2D eigenvalue weighted by Gasteiger charge is -2.34. The van der Waals surface area contributed by atoms with Crippen molar-refractivity contribution in [1.82, 2.24) is 4.90 Å². The van der Waals surface area contributed by atoms with Crippen LogP contribution in [0.3, 0.4) is 0 Å². The molecule has 0 aromatic heterocycles. The highest BCUT2D eigenvalue weighted by molar-refractivity contribution is 6.00. The minimum atomic E-state index is -0.455. The normalized spacial score (nSPS) is 19.5. The van der Waals surface area contributed by atoms with Crippen molar-refractivity contribution in [2.75, 3.05) is 0 Å². The van der Waals surface area contributed by atoms with Gasteiger partial charge in [0.15, 0.2) is 0 Å². The van der Waals surface area contributed by atoms with Gasteiger partial charge in [-0.3, -0.25) is 4.79 Å². The van der Waals surface area contributed by atoms with E-state index in [2.05, 4.69) is 6.07 Å². The second kappa shape index (κ2) is 3.34. The molecule has 1 aromatic rings. The van der Waals surface area contributed by atoms with Crippen molar-refractivity contribution in [2.45, 2.75) is 32.4 Å². The fourth-order valence-corrected chi connectivity index (χ4v) is 2.14. The minimum absolute atomic E-state index is 0.0466. The van der Waals surface area contributed by atoms with Gasteiger partial charge in [-0.1, -0.05) is 18.2 Å². The van der Waals surface area contributed by atoms with Gasteiger partial charge in [-0.05, 0) is 26.8 Å². The predicted octanol–water partition coefficient (Wildman–Crippen LogP) is 2.51. The summed E-state index contributed by atoms with van der Waals surface area (Å²) in [5.74, 6) is -0.0466. The lowest BCUT2D eigenvalue weighted by molar-refractivity contribution is 0.0568. The van der Waals surface area contributed by atoms with Gasteiger partial charge in [0.05, 0.1) is 6.07 Å². The topological polar surface area (TPSA) is 44.1 Å². The summed E-state index contributed by atoms with van der Waals surface area (Å²) >= 11 is 0. The van der Waals surface area contributed by atoms with Gasteiger partial charge in [0.25, 0.3) is 5.91 Å². The molecule has 2 rings (SSSR count). The molecule has 0 bridgehead atoms. The molecule has 1 heterocycles. The number of amides is 1. The highest BCUT2D eigenvalue weighted by Gasteiger charge is 2.42. The van der Waals surface area contributed by atoms with Gasteiger partial charge in [0.1, 0.15) is 6.04 Å². The zero-order valence-corrected chi connectivity index (χ0v) is 9.69. The number of nitriles is 1. The molecule has 0 aliphatic carbocycles. The number of nitrogens with zero attached hydrogens (tertiary/aromatic N) is 2. The molecule has 16 heavy (non-hydrogen) atoms. The smallest absolute Gasteiger partial charge is 0.256 e. The summed E-state index contributed by atoms with van der Waals surface area (Å²) in [5.41, 5.74) is 1.14. The minimum Gasteiger partial charge on any atom is -0.314 e. The number of fused-ring (bicyclic) bond motifs is 1. The summed E-state index contributed by atoms with van der Waals surface area (Å²) < 4.78 is 0. The molecule has 1 aliphatic rings. The van der Waals surface area contributed by atoms with Gasteiger partial charge < -0.3 is 4.90 Å². The van der Waals surface area contributed by atoms with Crippen LogP contribution in [0.15, 0.2) is 24.3 Å². The first-order valence-corrected chi connectivity index (χ1v) is 5.29. The fraction of sp³-hybridized carbons (Fsp3) is 0.385. The van der Waals surface area contributed by atoms with E-state index in [1.54, 1.807) is 11.0 Å². The average molecular weight is 214 g/mol. The van der Waals surface area contributed by atoms with Gasteiger partial charge >= 0.3 is 0 Å². The summed E-state index contributed by atoms with van der Waals surface area (Å²) in [6, 6.07) is 9.09. The number of rotatable bonds is 0. The molecule has 1 aromatic carbocycles. The average Bonchev–Trinajstić information content (AvgIpc) is 2.51. The predicted molar refractivity (Wildman–Crippen MR) is 60.7 cm³/mol. The molecule has 1 aliphatic heterocycles. The van der Waals surface area contributed by atoms with E-state index < -0.39 is 6.04 Å². The van der Waals surface area contributed by atoms with Crippen LogP contribution in [0.4, 0.5) is 0 Å². The summed E-state index contributed by atoms with van der Waals surface area (Å²) in [6.07, 6.45) is 0. The lowest BCUT2D eigenvalue weighted by Crippen LogP contribution is -2.43. The zero-order chi connectivity index (χ0) is 11.9. The first-order chi connectivity index (χ1) is 7.46. The van der Waals surface area contributed by atoms with E-state index in [0.717, 1.165) is 5.56 Å². The van der Waals surface area contributed by atoms with E-state index in [9.17, 15) is 10.1 Å². The van der Waals surface area contributed by atoms with Crippen LogP contribution in [0.5, 0.6) is 0 Å². The molecule has 1 atom stereocenters. The van der Waals surface area contributed by atoms with Crippen molar-refractivity contribution < 1.29 is 4.79 Å². The van der Waals surface area contributed by atoms with Crippen molar-refractivity contribution in [2.24, 2.45) is 0 Å². The van der Waals surface area contributed by atoms with E-state index in [4.69, 9.17) is 0 Å². The third kappa shape index (κ3) is 1.38. The summed E-state index contributed by atoms with van der Waals surface area (Å²) in [4.78, 5) is 13.8. The van der Waals surface area contributed by atoms with E-state index in [0.29, 0.717) is 5.56 Å². The van der Waals surface area contributed by atoms with Gasteiger partial charge in [-0.25, -0.2) is 0 Å². The second-order valence-electron chi connectivity index (χ2n) is 4.96. The molecule has 82 valence electrons. The Morgan fingerprint density at radius 2 is 1.94 bits per heavy atom. The van der Waals surface area contributed by atoms with E-state index in [-0.39, 0.29) is 11.4 Å². The number of hydrogen-bond acceptors (Lipinski definition) is 2. The molecule has 0 N–H and O–H groups in total. The first kappa shape index (κ1) is 10.7. The van der Waals surface area contributed by atoms with E-state index in [1.807, 2.05) is 39.0 Å². The number of carbonyl (C=O) groups excluding carboxylic acids is 1. The van der Waals surface area contributed by atoms with Crippen molar-refractivity contribution in [3.8, 4) is 6.07 Å². The van der Waals surface area contributed by atoms with Crippen molar-refractivity contribution in [3.05, 3.63) is 35.4 Å². The van der Waals surface area contributed by atoms with E-state index in [1.165, 1.54) is 0 Å². The SMILES string of the molecule is CC(C)(C)N1C(=O)c2ccccc2C1C#N. The molecule has 3 heteroatoms. The van der Waals surface area contributed by atoms with Crippen molar-refractivity contribution in [3.63, 3.8) is 0 Å². The van der Waals surface area contributed by atoms with Crippen molar-refractivity contribution in [1.29, 1.82) is 5.26 Å². The molecule has 1 amide bonds. The standard InChI is InChI=1S/C13H14N2O/c1-13(2,3)15-11(8-14)9-6-4-5-7-10(9)12(15)16/h4-7,11H,1-3H3. The molecule has 1 unspecified atom stereocenters. The monoisotopic (exact) mass is 214 g/mol. The van der Waals surface area contributed by atoms with Crippen LogP contribution in [-0.4, -0.2) is 16.3 Å².